The molecule has 0 heterocycles. The molecule has 1 aromatic rings. The number of allylic oxidation sites excluding steroid dienone is 2. The molecule has 0 amide bonds. The lowest BCUT2D eigenvalue weighted by molar-refractivity contribution is -0.137. The summed E-state index contributed by atoms with van der Waals surface area (Å²) < 4.78 is 0. The van der Waals surface area contributed by atoms with Crippen molar-refractivity contribution in [3.63, 3.8) is 0 Å². The smallest absolute Gasteiger partial charge is 0.305 e. The van der Waals surface area contributed by atoms with E-state index < -0.39 is 12.0 Å². The number of benzene rings is 1. The van der Waals surface area contributed by atoms with Crippen molar-refractivity contribution in [3.8, 4) is 0 Å². The Hall–Kier alpha value is -2.20. The molecule has 3 N–H and O–H groups in total. The standard InChI is InChI=1S/C18H24N2O2/c1-6-12(11-20-5)13-7-14(16(19)10-17(21)22)9-15(8-13)18(2,3)4/h6-9,11,16H,1,5,10,19H2,2-4H3,(H,21,22)/b12-11+/t16-/m0/s1. The molecule has 0 aliphatic heterocycles. The van der Waals surface area contributed by atoms with Crippen molar-refractivity contribution in [1.29, 1.82) is 0 Å². The zero-order chi connectivity index (χ0) is 16.9. The first kappa shape index (κ1) is 17.9. The minimum Gasteiger partial charge on any atom is -0.481 e. The Morgan fingerprint density at radius 1 is 1.41 bits per heavy atom. The molecule has 4 nitrogen and oxygen atoms in total. The van der Waals surface area contributed by atoms with Gasteiger partial charge in [-0.3, -0.25) is 9.79 Å². The second-order valence-electron chi connectivity index (χ2n) is 6.27. The second kappa shape index (κ2) is 7.18. The summed E-state index contributed by atoms with van der Waals surface area (Å²) in [5, 5.41) is 8.95. The largest absolute Gasteiger partial charge is 0.481 e. The normalized spacial score (nSPS) is 13.5. The van der Waals surface area contributed by atoms with Crippen LogP contribution in [-0.4, -0.2) is 17.8 Å². The zero-order valence-electron chi connectivity index (χ0n) is 13.5. The number of aliphatic carboxylic acids is 1. The molecule has 0 fully saturated rings. The molecule has 0 saturated carbocycles. The number of carboxylic acids is 1. The third-order valence-corrected chi connectivity index (χ3v) is 3.43. The molecule has 0 aromatic heterocycles. The van der Waals surface area contributed by atoms with Crippen LogP contribution in [0.1, 0.15) is 49.9 Å². The Morgan fingerprint density at radius 3 is 2.50 bits per heavy atom. The van der Waals surface area contributed by atoms with E-state index in [0.29, 0.717) is 0 Å². The zero-order valence-corrected chi connectivity index (χ0v) is 13.5. The maximum Gasteiger partial charge on any atom is 0.305 e. The summed E-state index contributed by atoms with van der Waals surface area (Å²) in [6, 6.07) is 5.36. The Bertz CT molecular complexity index is 610. The minimum absolute atomic E-state index is 0.0818. The maximum absolute atomic E-state index is 10.9. The molecule has 0 radical (unpaired) electrons. The van der Waals surface area contributed by atoms with Crippen LogP contribution in [0.5, 0.6) is 0 Å². The minimum atomic E-state index is -0.914. The van der Waals surface area contributed by atoms with Crippen molar-refractivity contribution in [1.82, 2.24) is 0 Å². The number of hydrogen-bond donors (Lipinski definition) is 2. The fraction of sp³-hybridized carbons (Fsp3) is 0.333. The summed E-state index contributed by atoms with van der Waals surface area (Å²) in [4.78, 5) is 14.7. The summed E-state index contributed by atoms with van der Waals surface area (Å²) in [5.41, 5.74) is 9.56. The summed E-state index contributed by atoms with van der Waals surface area (Å²) in [6.45, 7) is 13.6. The van der Waals surface area contributed by atoms with Crippen LogP contribution in [0, 0.1) is 0 Å². The first-order valence-corrected chi connectivity index (χ1v) is 7.10. The van der Waals surface area contributed by atoms with Crippen LogP contribution in [0.2, 0.25) is 0 Å². The van der Waals surface area contributed by atoms with Crippen molar-refractivity contribution in [2.24, 2.45) is 10.7 Å². The third kappa shape index (κ3) is 4.67. The molecule has 4 heteroatoms. The van der Waals surface area contributed by atoms with Gasteiger partial charge in [0.1, 0.15) is 0 Å². The van der Waals surface area contributed by atoms with Crippen LogP contribution in [0.4, 0.5) is 0 Å². The number of rotatable bonds is 6. The van der Waals surface area contributed by atoms with Gasteiger partial charge in [-0.25, -0.2) is 0 Å². The number of carboxylic acid groups (broad SMARTS) is 1. The highest BCUT2D eigenvalue weighted by molar-refractivity contribution is 5.75. The van der Waals surface area contributed by atoms with Gasteiger partial charge in [0.2, 0.25) is 0 Å². The van der Waals surface area contributed by atoms with E-state index in [2.05, 4.69) is 45.1 Å². The molecule has 118 valence electrons. The van der Waals surface area contributed by atoms with Gasteiger partial charge in [-0.05, 0) is 40.5 Å². The van der Waals surface area contributed by atoms with E-state index in [9.17, 15) is 4.79 Å². The van der Waals surface area contributed by atoms with Crippen LogP contribution in [-0.2, 0) is 10.2 Å². The van der Waals surface area contributed by atoms with E-state index in [0.717, 1.165) is 22.3 Å². The van der Waals surface area contributed by atoms with E-state index >= 15 is 0 Å². The maximum atomic E-state index is 10.9. The molecule has 1 atom stereocenters. The van der Waals surface area contributed by atoms with Crippen molar-refractivity contribution in [3.05, 3.63) is 53.7 Å². The van der Waals surface area contributed by atoms with Crippen molar-refractivity contribution in [2.75, 3.05) is 0 Å². The van der Waals surface area contributed by atoms with Crippen molar-refractivity contribution in [2.45, 2.75) is 38.6 Å². The van der Waals surface area contributed by atoms with Crippen molar-refractivity contribution >= 4 is 18.3 Å². The number of nitrogens with two attached hydrogens (primary N) is 1. The topological polar surface area (TPSA) is 75.7 Å². The van der Waals surface area contributed by atoms with Crippen LogP contribution in [0.3, 0.4) is 0 Å². The third-order valence-electron chi connectivity index (χ3n) is 3.43. The van der Waals surface area contributed by atoms with Gasteiger partial charge in [0.25, 0.3) is 0 Å². The molecule has 0 saturated heterocycles. The van der Waals surface area contributed by atoms with E-state index in [1.807, 2.05) is 12.1 Å². The van der Waals surface area contributed by atoms with Crippen molar-refractivity contribution < 1.29 is 9.90 Å². The molecule has 22 heavy (non-hydrogen) atoms. The summed E-state index contributed by atoms with van der Waals surface area (Å²) in [7, 11) is 0. The van der Waals surface area contributed by atoms with Gasteiger partial charge >= 0.3 is 5.97 Å². The highest BCUT2D eigenvalue weighted by atomic mass is 16.4. The quantitative estimate of drug-likeness (QED) is 0.621. The average Bonchev–Trinajstić information content (AvgIpc) is 2.42. The first-order valence-electron chi connectivity index (χ1n) is 7.10. The number of hydrogen-bond acceptors (Lipinski definition) is 3. The lowest BCUT2D eigenvalue weighted by Gasteiger charge is -2.23. The molecule has 0 unspecified atom stereocenters. The molecule has 0 bridgehead atoms. The molecule has 0 spiro atoms. The van der Waals surface area contributed by atoms with E-state index in [1.165, 1.54) is 0 Å². The van der Waals surface area contributed by atoms with Gasteiger partial charge in [-0.15, -0.1) is 0 Å². The van der Waals surface area contributed by atoms with Crippen LogP contribution >= 0.6 is 0 Å². The average molecular weight is 300 g/mol. The summed E-state index contributed by atoms with van der Waals surface area (Å²) in [5.74, 6) is -0.914. The number of aliphatic imine (C=N–C) groups is 1. The molecule has 0 aliphatic rings. The van der Waals surface area contributed by atoms with Gasteiger partial charge < -0.3 is 10.8 Å². The van der Waals surface area contributed by atoms with Crippen LogP contribution in [0.15, 0.2) is 42.0 Å². The first-order chi connectivity index (χ1) is 10.2. The van der Waals surface area contributed by atoms with E-state index in [-0.39, 0.29) is 11.8 Å². The lowest BCUT2D eigenvalue weighted by Crippen LogP contribution is -2.18. The van der Waals surface area contributed by atoms with Crippen LogP contribution < -0.4 is 5.73 Å². The Kier molecular flexibility index (Phi) is 5.83. The fourth-order valence-electron chi connectivity index (χ4n) is 2.11. The SMILES string of the molecule is C=C/C(=C\N=C)c1cc([C@@H](N)CC(=O)O)cc(C(C)(C)C)c1. The molecule has 1 aromatic carbocycles. The Balaban J connectivity index is 3.45. The van der Waals surface area contributed by atoms with Gasteiger partial charge in [0.15, 0.2) is 0 Å². The fourth-order valence-corrected chi connectivity index (χ4v) is 2.11. The highest BCUT2D eigenvalue weighted by Gasteiger charge is 2.19. The molecule has 0 aliphatic carbocycles. The molecule has 1 rings (SSSR count). The predicted molar refractivity (Wildman–Crippen MR) is 92.0 cm³/mol. The molecular formula is C18H24N2O2. The van der Waals surface area contributed by atoms with Gasteiger partial charge in [-0.1, -0.05) is 45.6 Å². The molecular weight excluding hydrogens is 276 g/mol. The number of carbonyl (C=O) groups is 1. The van der Waals surface area contributed by atoms with Crippen LogP contribution in [0.25, 0.3) is 5.57 Å². The van der Waals surface area contributed by atoms with E-state index in [1.54, 1.807) is 12.3 Å². The second-order valence-corrected chi connectivity index (χ2v) is 6.27. The van der Waals surface area contributed by atoms with Gasteiger partial charge in [-0.2, -0.15) is 0 Å². The monoisotopic (exact) mass is 300 g/mol. The summed E-state index contributed by atoms with van der Waals surface area (Å²) in [6.07, 6.45) is 3.21. The Labute approximate surface area is 132 Å². The summed E-state index contributed by atoms with van der Waals surface area (Å²) >= 11 is 0. The van der Waals surface area contributed by atoms with Gasteiger partial charge in [0.05, 0.1) is 6.42 Å². The van der Waals surface area contributed by atoms with E-state index in [4.69, 9.17) is 10.8 Å². The Morgan fingerprint density at radius 2 is 2.05 bits per heavy atom. The lowest BCUT2D eigenvalue weighted by atomic mass is 9.83. The predicted octanol–water partition coefficient (Wildman–Crippen LogP) is 3.69. The highest BCUT2D eigenvalue weighted by Crippen LogP contribution is 2.30. The van der Waals surface area contributed by atoms with Gasteiger partial charge in [0, 0.05) is 12.2 Å². The number of nitrogens with zero attached hydrogens (tertiary/aromatic N) is 1.